The fourth-order valence-electron chi connectivity index (χ4n) is 1.08. The van der Waals surface area contributed by atoms with Crippen LogP contribution in [0.25, 0.3) is 0 Å². The number of aliphatic hydroxyl groups is 1. The summed E-state index contributed by atoms with van der Waals surface area (Å²) in [4.78, 5) is 0. The van der Waals surface area contributed by atoms with Crippen LogP contribution in [0.1, 0.15) is 25.0 Å². The number of rotatable bonds is 3. The lowest BCUT2D eigenvalue weighted by Gasteiger charge is -2.08. The third kappa shape index (κ3) is 3.25. The topological polar surface area (TPSA) is 29.5 Å². The van der Waals surface area contributed by atoms with Crippen molar-refractivity contribution in [3.8, 4) is 5.75 Å². The Morgan fingerprint density at radius 1 is 1.46 bits per heavy atom. The van der Waals surface area contributed by atoms with Crippen LogP contribution in [0.5, 0.6) is 5.75 Å². The van der Waals surface area contributed by atoms with E-state index in [1.807, 2.05) is 31.2 Å². The maximum absolute atomic E-state index is 9.49. The van der Waals surface area contributed by atoms with Crippen LogP contribution in [-0.2, 0) is 0 Å². The summed E-state index contributed by atoms with van der Waals surface area (Å²) in [5, 5.41) is 9.49. The molecule has 0 amide bonds. The van der Waals surface area contributed by atoms with Crippen molar-refractivity contribution in [2.45, 2.75) is 19.4 Å². The minimum atomic E-state index is -0.375. The lowest BCUT2D eigenvalue weighted by Crippen LogP contribution is -1.95. The largest absolute Gasteiger partial charge is 0.497 e. The van der Waals surface area contributed by atoms with E-state index < -0.39 is 0 Å². The van der Waals surface area contributed by atoms with Crippen LogP contribution in [0.4, 0.5) is 0 Å². The molecule has 3 heteroatoms. The van der Waals surface area contributed by atoms with E-state index in [1.165, 1.54) is 0 Å². The predicted octanol–water partition coefficient (Wildman–Crippen LogP) is 2.56. The van der Waals surface area contributed by atoms with Gasteiger partial charge in [-0.05, 0) is 24.1 Å². The average Bonchev–Trinajstić information content (AvgIpc) is 2.17. The molecule has 0 heterocycles. The van der Waals surface area contributed by atoms with E-state index in [0.717, 1.165) is 17.7 Å². The van der Waals surface area contributed by atoms with Crippen molar-refractivity contribution >= 4 is 12.4 Å². The Morgan fingerprint density at radius 3 is 2.69 bits per heavy atom. The van der Waals surface area contributed by atoms with Crippen molar-refractivity contribution in [1.29, 1.82) is 0 Å². The summed E-state index contributed by atoms with van der Waals surface area (Å²) in [5.41, 5.74) is 0.914. The van der Waals surface area contributed by atoms with Crippen LogP contribution in [-0.4, -0.2) is 12.2 Å². The number of aliphatic hydroxyl groups excluding tert-OH is 1. The van der Waals surface area contributed by atoms with Gasteiger partial charge in [0.25, 0.3) is 0 Å². The molecule has 0 radical (unpaired) electrons. The molecule has 0 spiro atoms. The molecule has 1 aromatic rings. The smallest absolute Gasteiger partial charge is 0.119 e. The van der Waals surface area contributed by atoms with Gasteiger partial charge in [-0.2, -0.15) is 0 Å². The van der Waals surface area contributed by atoms with Crippen molar-refractivity contribution < 1.29 is 9.84 Å². The van der Waals surface area contributed by atoms with E-state index in [0.29, 0.717) is 0 Å². The number of ether oxygens (including phenoxy) is 1. The lowest BCUT2D eigenvalue weighted by atomic mass is 10.1. The van der Waals surface area contributed by atoms with Crippen molar-refractivity contribution in [1.82, 2.24) is 0 Å². The van der Waals surface area contributed by atoms with Gasteiger partial charge in [-0.1, -0.05) is 19.1 Å². The minimum absolute atomic E-state index is 0. The zero-order valence-electron chi connectivity index (χ0n) is 7.86. The van der Waals surface area contributed by atoms with Gasteiger partial charge in [-0.25, -0.2) is 0 Å². The molecule has 0 fully saturated rings. The summed E-state index contributed by atoms with van der Waals surface area (Å²) in [6, 6.07) is 7.50. The van der Waals surface area contributed by atoms with Crippen molar-refractivity contribution in [3.63, 3.8) is 0 Å². The second-order valence-electron chi connectivity index (χ2n) is 2.70. The fourth-order valence-corrected chi connectivity index (χ4v) is 1.08. The van der Waals surface area contributed by atoms with Crippen LogP contribution >= 0.6 is 12.4 Å². The molecule has 0 aliphatic rings. The van der Waals surface area contributed by atoms with Gasteiger partial charge in [0, 0.05) is 0 Å². The van der Waals surface area contributed by atoms with Crippen LogP contribution in [0.3, 0.4) is 0 Å². The van der Waals surface area contributed by atoms with E-state index in [1.54, 1.807) is 7.11 Å². The normalized spacial score (nSPS) is 11.6. The SMILES string of the molecule is CCC(O)c1cccc(OC)c1.Cl. The predicted molar refractivity (Wildman–Crippen MR) is 55.5 cm³/mol. The fraction of sp³-hybridized carbons (Fsp3) is 0.400. The Kier molecular flexibility index (Phi) is 5.51. The second-order valence-corrected chi connectivity index (χ2v) is 2.70. The van der Waals surface area contributed by atoms with Gasteiger partial charge in [0.05, 0.1) is 13.2 Å². The molecule has 0 saturated carbocycles. The Hall–Kier alpha value is -0.730. The molecule has 0 aliphatic carbocycles. The Balaban J connectivity index is 0.00000144. The van der Waals surface area contributed by atoms with Crippen molar-refractivity contribution in [2.24, 2.45) is 0 Å². The van der Waals surface area contributed by atoms with E-state index in [4.69, 9.17) is 4.74 Å². The molecule has 1 rings (SSSR count). The lowest BCUT2D eigenvalue weighted by molar-refractivity contribution is 0.173. The van der Waals surface area contributed by atoms with Gasteiger partial charge >= 0.3 is 0 Å². The first-order valence-electron chi connectivity index (χ1n) is 4.10. The van der Waals surface area contributed by atoms with Crippen LogP contribution < -0.4 is 4.74 Å². The van der Waals surface area contributed by atoms with Gasteiger partial charge in [-0.15, -0.1) is 12.4 Å². The Labute approximate surface area is 85.0 Å². The first kappa shape index (κ1) is 12.3. The van der Waals surface area contributed by atoms with E-state index in [-0.39, 0.29) is 18.5 Å². The Bertz CT molecular complexity index is 250. The molecular weight excluding hydrogens is 188 g/mol. The van der Waals surface area contributed by atoms with E-state index in [2.05, 4.69) is 0 Å². The molecule has 0 saturated heterocycles. The molecule has 1 atom stereocenters. The summed E-state index contributed by atoms with van der Waals surface area (Å²) in [7, 11) is 1.62. The highest BCUT2D eigenvalue weighted by Gasteiger charge is 2.04. The number of hydrogen-bond donors (Lipinski definition) is 1. The monoisotopic (exact) mass is 202 g/mol. The Morgan fingerprint density at radius 2 is 2.15 bits per heavy atom. The number of halogens is 1. The van der Waals surface area contributed by atoms with E-state index >= 15 is 0 Å². The molecule has 0 aliphatic heterocycles. The highest BCUT2D eigenvalue weighted by Crippen LogP contribution is 2.20. The summed E-state index contributed by atoms with van der Waals surface area (Å²) < 4.78 is 5.04. The third-order valence-corrected chi connectivity index (χ3v) is 1.87. The van der Waals surface area contributed by atoms with Gasteiger partial charge < -0.3 is 9.84 Å². The maximum atomic E-state index is 9.49. The number of methoxy groups -OCH3 is 1. The summed E-state index contributed by atoms with van der Waals surface area (Å²) in [5.74, 6) is 0.792. The molecule has 1 aromatic carbocycles. The maximum Gasteiger partial charge on any atom is 0.119 e. The van der Waals surface area contributed by atoms with Crippen LogP contribution in [0, 0.1) is 0 Å². The first-order valence-corrected chi connectivity index (χ1v) is 4.10. The first-order chi connectivity index (χ1) is 5.77. The third-order valence-electron chi connectivity index (χ3n) is 1.87. The summed E-state index contributed by atoms with van der Waals surface area (Å²) in [6.45, 7) is 1.95. The zero-order chi connectivity index (χ0) is 8.97. The van der Waals surface area contributed by atoms with Gasteiger partial charge in [-0.3, -0.25) is 0 Å². The quantitative estimate of drug-likeness (QED) is 0.817. The summed E-state index contributed by atoms with van der Waals surface area (Å²) in [6.07, 6.45) is 0.354. The zero-order valence-corrected chi connectivity index (χ0v) is 8.67. The average molecular weight is 203 g/mol. The number of benzene rings is 1. The van der Waals surface area contributed by atoms with E-state index in [9.17, 15) is 5.11 Å². The minimum Gasteiger partial charge on any atom is -0.497 e. The molecule has 1 N–H and O–H groups in total. The van der Waals surface area contributed by atoms with Crippen molar-refractivity contribution in [3.05, 3.63) is 29.8 Å². The standard InChI is InChI=1S/C10H14O2.ClH/c1-3-10(11)8-5-4-6-9(7-8)12-2;/h4-7,10-11H,3H2,1-2H3;1H. The molecule has 0 aromatic heterocycles. The highest BCUT2D eigenvalue weighted by molar-refractivity contribution is 5.85. The molecule has 1 unspecified atom stereocenters. The summed E-state index contributed by atoms with van der Waals surface area (Å²) >= 11 is 0. The van der Waals surface area contributed by atoms with Crippen molar-refractivity contribution in [2.75, 3.05) is 7.11 Å². The molecule has 0 bridgehead atoms. The van der Waals surface area contributed by atoms with Gasteiger partial charge in [0.1, 0.15) is 5.75 Å². The molecule has 2 nitrogen and oxygen atoms in total. The number of hydrogen-bond acceptors (Lipinski definition) is 2. The molecule has 74 valence electrons. The van der Waals surface area contributed by atoms with Gasteiger partial charge in [0.2, 0.25) is 0 Å². The highest BCUT2D eigenvalue weighted by atomic mass is 35.5. The molecular formula is C10H15ClO2. The van der Waals surface area contributed by atoms with Crippen LogP contribution in [0.15, 0.2) is 24.3 Å². The van der Waals surface area contributed by atoms with Crippen LogP contribution in [0.2, 0.25) is 0 Å². The molecule has 13 heavy (non-hydrogen) atoms. The van der Waals surface area contributed by atoms with Gasteiger partial charge in [0.15, 0.2) is 0 Å². The second kappa shape index (κ2) is 5.84.